The third kappa shape index (κ3) is 4.66. The van der Waals surface area contributed by atoms with Gasteiger partial charge in [-0.2, -0.15) is 0 Å². The van der Waals surface area contributed by atoms with E-state index in [1.807, 2.05) is 47.9 Å². The molecule has 2 aromatic heterocycles. The van der Waals surface area contributed by atoms with Gasteiger partial charge in [-0.25, -0.2) is 4.99 Å². The number of benzene rings is 1. The first-order chi connectivity index (χ1) is 13.2. The second-order valence-electron chi connectivity index (χ2n) is 5.91. The molecule has 8 nitrogen and oxygen atoms in total. The molecule has 0 radical (unpaired) electrons. The highest BCUT2D eigenvalue weighted by Gasteiger charge is 2.06. The Morgan fingerprint density at radius 3 is 2.89 bits per heavy atom. The quantitative estimate of drug-likeness (QED) is 0.434. The lowest BCUT2D eigenvalue weighted by Crippen LogP contribution is -2.38. The molecule has 0 saturated carbocycles. The predicted molar refractivity (Wildman–Crippen MR) is 104 cm³/mol. The fourth-order valence-corrected chi connectivity index (χ4v) is 2.69. The molecule has 1 aromatic carbocycles. The Balaban J connectivity index is 1.61. The van der Waals surface area contributed by atoms with Crippen LogP contribution in [0.2, 0.25) is 0 Å². The van der Waals surface area contributed by atoms with E-state index in [2.05, 4.69) is 25.8 Å². The lowest BCUT2D eigenvalue weighted by molar-refractivity contribution is 0.406. The summed E-state index contributed by atoms with van der Waals surface area (Å²) in [5.74, 6) is 2.33. The maximum absolute atomic E-state index is 10.0. The second kappa shape index (κ2) is 8.88. The summed E-state index contributed by atoms with van der Waals surface area (Å²) < 4.78 is 7.02. The van der Waals surface area contributed by atoms with Crippen LogP contribution in [0.1, 0.15) is 18.3 Å². The summed E-state index contributed by atoms with van der Waals surface area (Å²) >= 11 is 0. The number of fused-ring (bicyclic) bond motifs is 1. The number of hydrogen-bond donors (Lipinski definition) is 3. The van der Waals surface area contributed by atoms with Crippen molar-refractivity contribution < 1.29 is 9.84 Å². The minimum Gasteiger partial charge on any atom is -0.508 e. The van der Waals surface area contributed by atoms with E-state index in [0.29, 0.717) is 31.2 Å². The van der Waals surface area contributed by atoms with Gasteiger partial charge in [0.15, 0.2) is 17.4 Å². The first-order valence-electron chi connectivity index (χ1n) is 8.88. The van der Waals surface area contributed by atoms with Crippen LogP contribution in [0, 0.1) is 0 Å². The summed E-state index contributed by atoms with van der Waals surface area (Å²) in [7, 11) is 1.58. The second-order valence-corrected chi connectivity index (χ2v) is 5.91. The minimum atomic E-state index is 0.230. The summed E-state index contributed by atoms with van der Waals surface area (Å²) in [6.07, 6.45) is 2.58. The Morgan fingerprint density at radius 2 is 2.11 bits per heavy atom. The Morgan fingerprint density at radius 1 is 1.22 bits per heavy atom. The van der Waals surface area contributed by atoms with E-state index in [4.69, 9.17) is 4.74 Å². The van der Waals surface area contributed by atoms with Gasteiger partial charge in [0, 0.05) is 25.4 Å². The Bertz CT molecular complexity index is 921. The molecule has 0 bridgehead atoms. The highest BCUT2D eigenvalue weighted by atomic mass is 16.5. The van der Waals surface area contributed by atoms with E-state index >= 15 is 0 Å². The number of guanidine groups is 1. The summed E-state index contributed by atoms with van der Waals surface area (Å²) in [5.41, 5.74) is 1.65. The molecule has 27 heavy (non-hydrogen) atoms. The van der Waals surface area contributed by atoms with E-state index in [9.17, 15) is 5.11 Å². The van der Waals surface area contributed by atoms with Crippen molar-refractivity contribution in [3.05, 3.63) is 54.0 Å². The molecule has 0 fully saturated rings. The van der Waals surface area contributed by atoms with E-state index in [-0.39, 0.29) is 5.75 Å². The zero-order valence-corrected chi connectivity index (χ0v) is 15.5. The van der Waals surface area contributed by atoms with Crippen molar-refractivity contribution in [3.63, 3.8) is 0 Å². The maximum Gasteiger partial charge on any atom is 0.191 e. The van der Waals surface area contributed by atoms with Gasteiger partial charge in [0.25, 0.3) is 0 Å². The van der Waals surface area contributed by atoms with Gasteiger partial charge >= 0.3 is 0 Å². The van der Waals surface area contributed by atoms with Crippen LogP contribution in [0.3, 0.4) is 0 Å². The summed E-state index contributed by atoms with van der Waals surface area (Å²) in [6.45, 7) is 3.81. The third-order valence-electron chi connectivity index (χ3n) is 4.09. The molecule has 142 valence electrons. The van der Waals surface area contributed by atoms with Crippen LogP contribution < -0.4 is 15.4 Å². The Hall–Kier alpha value is -3.29. The van der Waals surface area contributed by atoms with E-state index < -0.39 is 0 Å². The molecule has 0 aliphatic carbocycles. The van der Waals surface area contributed by atoms with Gasteiger partial charge < -0.3 is 20.5 Å². The number of aromatic nitrogens is 3. The number of nitrogens with one attached hydrogen (secondary N) is 2. The molecular weight excluding hydrogens is 344 g/mol. The van der Waals surface area contributed by atoms with E-state index in [1.165, 1.54) is 0 Å². The number of nitrogens with zero attached hydrogens (tertiary/aromatic N) is 4. The van der Waals surface area contributed by atoms with Gasteiger partial charge in [0.1, 0.15) is 18.0 Å². The van der Waals surface area contributed by atoms with Crippen LogP contribution in [0.15, 0.2) is 47.6 Å². The van der Waals surface area contributed by atoms with Gasteiger partial charge in [-0.05, 0) is 37.1 Å². The normalized spacial score (nSPS) is 11.6. The number of aromatic hydroxyl groups is 1. The molecule has 0 amide bonds. The van der Waals surface area contributed by atoms with Crippen molar-refractivity contribution in [2.75, 3.05) is 20.2 Å². The number of rotatable bonds is 7. The fraction of sp³-hybridized carbons (Fsp3) is 0.316. The predicted octanol–water partition coefficient (Wildman–Crippen LogP) is 1.74. The molecule has 3 N–H and O–H groups in total. The highest BCUT2D eigenvalue weighted by molar-refractivity contribution is 5.79. The third-order valence-corrected chi connectivity index (χ3v) is 4.09. The molecule has 0 unspecified atom stereocenters. The first kappa shape index (κ1) is 18.5. The minimum absolute atomic E-state index is 0.230. The van der Waals surface area contributed by atoms with Crippen LogP contribution in [-0.2, 0) is 13.0 Å². The van der Waals surface area contributed by atoms with Crippen molar-refractivity contribution in [1.82, 2.24) is 25.2 Å². The van der Waals surface area contributed by atoms with Crippen molar-refractivity contribution in [2.45, 2.75) is 19.9 Å². The van der Waals surface area contributed by atoms with Crippen molar-refractivity contribution in [2.24, 2.45) is 4.99 Å². The smallest absolute Gasteiger partial charge is 0.191 e. The van der Waals surface area contributed by atoms with Crippen LogP contribution in [0.5, 0.6) is 11.5 Å². The molecule has 2 heterocycles. The number of methoxy groups -OCH3 is 1. The maximum atomic E-state index is 10.0. The lowest BCUT2D eigenvalue weighted by Gasteiger charge is -2.12. The first-order valence-corrected chi connectivity index (χ1v) is 8.88. The van der Waals surface area contributed by atoms with Gasteiger partial charge in [0.2, 0.25) is 0 Å². The standard InChI is InChI=1S/C19H24N6O2/c1-3-20-19(21-10-9-14-7-8-15(27-2)12-16(14)26)22-13-18-24-23-17-6-4-5-11-25(17)18/h4-8,11-12,26H,3,9-10,13H2,1-2H3,(H2,20,21,22). The van der Waals surface area contributed by atoms with Crippen LogP contribution in [0.4, 0.5) is 0 Å². The number of hydrogen-bond acceptors (Lipinski definition) is 5. The monoisotopic (exact) mass is 368 g/mol. The van der Waals surface area contributed by atoms with Crippen molar-refractivity contribution >= 4 is 11.6 Å². The number of aliphatic imine (C=N–C) groups is 1. The molecule has 3 aromatic rings. The molecule has 0 saturated heterocycles. The molecule has 0 aliphatic rings. The largest absolute Gasteiger partial charge is 0.508 e. The molecule has 0 aliphatic heterocycles. The SMILES string of the molecule is CCNC(=NCc1nnc2ccccn12)NCCc1ccc(OC)cc1O. The topological polar surface area (TPSA) is 96.1 Å². The summed E-state index contributed by atoms with van der Waals surface area (Å²) in [4.78, 5) is 4.58. The number of ether oxygens (including phenoxy) is 1. The van der Waals surface area contributed by atoms with Gasteiger partial charge in [-0.3, -0.25) is 4.40 Å². The number of phenols is 1. The summed E-state index contributed by atoms with van der Waals surface area (Å²) in [6, 6.07) is 11.1. The average Bonchev–Trinajstić information content (AvgIpc) is 3.10. The average molecular weight is 368 g/mol. The van der Waals surface area contributed by atoms with Crippen molar-refractivity contribution in [1.29, 1.82) is 0 Å². The van der Waals surface area contributed by atoms with Crippen LogP contribution in [0.25, 0.3) is 5.65 Å². The molecule has 8 heteroatoms. The lowest BCUT2D eigenvalue weighted by atomic mass is 10.1. The van der Waals surface area contributed by atoms with E-state index in [1.54, 1.807) is 13.2 Å². The van der Waals surface area contributed by atoms with Crippen LogP contribution in [-0.4, -0.2) is 45.9 Å². The van der Waals surface area contributed by atoms with Gasteiger partial charge in [-0.15, -0.1) is 10.2 Å². The van der Waals surface area contributed by atoms with Gasteiger partial charge in [-0.1, -0.05) is 12.1 Å². The molecular formula is C19H24N6O2. The zero-order valence-electron chi connectivity index (χ0n) is 15.5. The Kier molecular flexibility index (Phi) is 6.09. The number of pyridine rings is 1. The highest BCUT2D eigenvalue weighted by Crippen LogP contribution is 2.23. The van der Waals surface area contributed by atoms with Crippen LogP contribution >= 0.6 is 0 Å². The molecule has 3 rings (SSSR count). The fourth-order valence-electron chi connectivity index (χ4n) is 2.69. The van der Waals surface area contributed by atoms with Gasteiger partial charge in [0.05, 0.1) is 7.11 Å². The Labute approximate surface area is 157 Å². The number of phenolic OH excluding ortho intramolecular Hbond substituents is 1. The molecule has 0 atom stereocenters. The molecule has 0 spiro atoms. The zero-order chi connectivity index (χ0) is 19.1. The van der Waals surface area contributed by atoms with Crippen molar-refractivity contribution in [3.8, 4) is 11.5 Å². The summed E-state index contributed by atoms with van der Waals surface area (Å²) in [5, 5.41) is 24.9. The van der Waals surface area contributed by atoms with E-state index in [0.717, 1.165) is 23.6 Å².